The molecule has 212 valence electrons. The lowest BCUT2D eigenvalue weighted by Gasteiger charge is -2.33. The Labute approximate surface area is 236 Å². The van der Waals surface area contributed by atoms with E-state index in [1.54, 1.807) is 56.3 Å². The van der Waals surface area contributed by atoms with Gasteiger partial charge < -0.3 is 9.47 Å². The second-order valence-electron chi connectivity index (χ2n) is 9.91. The number of nitro groups is 1. The van der Waals surface area contributed by atoms with Crippen LogP contribution in [0.25, 0.3) is 22.2 Å². The normalized spacial score (nSPS) is 14.0. The molecule has 1 aliphatic rings. The molecule has 41 heavy (non-hydrogen) atoms. The first kappa shape index (κ1) is 28.0. The Morgan fingerprint density at radius 1 is 0.951 bits per heavy atom. The number of ether oxygens (including phenoxy) is 2. The third kappa shape index (κ3) is 4.55. The first-order valence-corrected chi connectivity index (χ1v) is 14.6. The number of carbonyl (C=O) groups excluding carboxylic acids is 2. The zero-order valence-electron chi connectivity index (χ0n) is 22.7. The Bertz CT molecular complexity index is 1770. The minimum absolute atomic E-state index is 0.00838. The summed E-state index contributed by atoms with van der Waals surface area (Å²) in [6.45, 7) is 5.03. The van der Waals surface area contributed by atoms with E-state index >= 15 is 0 Å². The first-order chi connectivity index (χ1) is 19.5. The lowest BCUT2D eigenvalue weighted by atomic mass is 9.71. The Balaban J connectivity index is 1.94. The maximum absolute atomic E-state index is 14.3. The standard InChI is InChI=1S/C30H28N2O8S/c1-4-39-28(33)30(29(34)40-5-2)17-21-15-22(32(35)36)16-25-26(21)24(18-30)27(20-9-7-6-8-10-20)31(25)41(37,38)23-13-11-19(3)12-14-23/h6-16H,4-5,17-18H2,1-3H3. The van der Waals surface area contributed by atoms with E-state index in [0.717, 1.165) is 9.54 Å². The number of hydrogen-bond donors (Lipinski definition) is 0. The van der Waals surface area contributed by atoms with E-state index in [1.807, 2.05) is 6.92 Å². The fourth-order valence-corrected chi connectivity index (χ4v) is 7.06. The number of esters is 2. The highest BCUT2D eigenvalue weighted by molar-refractivity contribution is 7.90. The molecule has 0 amide bonds. The molecule has 5 rings (SSSR count). The number of hydrogen-bond acceptors (Lipinski definition) is 8. The van der Waals surface area contributed by atoms with Crippen molar-refractivity contribution in [1.29, 1.82) is 0 Å². The van der Waals surface area contributed by atoms with Gasteiger partial charge in [0.25, 0.3) is 15.7 Å². The second kappa shape index (κ2) is 10.5. The Hall–Kier alpha value is -4.51. The van der Waals surface area contributed by atoms with Gasteiger partial charge in [-0.1, -0.05) is 48.0 Å². The van der Waals surface area contributed by atoms with Crippen LogP contribution in [0.15, 0.2) is 71.6 Å². The van der Waals surface area contributed by atoms with Crippen LogP contribution < -0.4 is 0 Å². The molecule has 0 saturated carbocycles. The highest BCUT2D eigenvalue weighted by Gasteiger charge is 2.53. The van der Waals surface area contributed by atoms with Crippen molar-refractivity contribution < 1.29 is 32.4 Å². The topological polar surface area (TPSA) is 135 Å². The molecule has 0 fully saturated rings. The molecule has 0 bridgehead atoms. The molecule has 1 aromatic heterocycles. The van der Waals surface area contributed by atoms with Crippen molar-refractivity contribution in [2.24, 2.45) is 5.41 Å². The van der Waals surface area contributed by atoms with Gasteiger partial charge in [0.05, 0.1) is 34.2 Å². The summed E-state index contributed by atoms with van der Waals surface area (Å²) in [7, 11) is -4.32. The number of aromatic nitrogens is 1. The van der Waals surface area contributed by atoms with Crippen LogP contribution in [0, 0.1) is 22.5 Å². The van der Waals surface area contributed by atoms with Crippen molar-refractivity contribution in [3.63, 3.8) is 0 Å². The first-order valence-electron chi connectivity index (χ1n) is 13.1. The van der Waals surface area contributed by atoms with Crippen LogP contribution in [-0.4, -0.2) is 42.5 Å². The van der Waals surface area contributed by atoms with Gasteiger partial charge in [0.15, 0.2) is 5.41 Å². The van der Waals surface area contributed by atoms with E-state index in [9.17, 15) is 28.1 Å². The van der Waals surface area contributed by atoms with Gasteiger partial charge >= 0.3 is 11.9 Å². The zero-order valence-corrected chi connectivity index (χ0v) is 23.6. The van der Waals surface area contributed by atoms with Gasteiger partial charge in [-0.3, -0.25) is 19.7 Å². The summed E-state index contributed by atoms with van der Waals surface area (Å²) in [5, 5.41) is 12.5. The van der Waals surface area contributed by atoms with Crippen molar-refractivity contribution in [3.05, 3.63) is 93.5 Å². The molecule has 0 unspecified atom stereocenters. The fraction of sp³-hybridized carbons (Fsp3) is 0.267. The zero-order chi connectivity index (χ0) is 29.5. The van der Waals surface area contributed by atoms with Crippen molar-refractivity contribution in [2.45, 2.75) is 38.5 Å². The molecule has 1 heterocycles. The van der Waals surface area contributed by atoms with Crippen LogP contribution in [0.5, 0.6) is 0 Å². The number of nitrogens with zero attached hydrogens (tertiary/aromatic N) is 2. The molecule has 1 aliphatic carbocycles. The van der Waals surface area contributed by atoms with Crippen LogP contribution in [0.1, 0.15) is 30.5 Å². The molecule has 4 aromatic rings. The largest absolute Gasteiger partial charge is 0.465 e. The van der Waals surface area contributed by atoms with Gasteiger partial charge in [0, 0.05) is 30.4 Å². The number of nitro benzene ring substituents is 1. The van der Waals surface area contributed by atoms with Crippen LogP contribution in [0.2, 0.25) is 0 Å². The van der Waals surface area contributed by atoms with Crippen molar-refractivity contribution in [2.75, 3.05) is 13.2 Å². The molecule has 0 aliphatic heterocycles. The molecule has 0 atom stereocenters. The summed E-state index contributed by atoms with van der Waals surface area (Å²) < 4.78 is 40.5. The average molecular weight is 577 g/mol. The van der Waals surface area contributed by atoms with Crippen LogP contribution >= 0.6 is 0 Å². The third-order valence-corrected chi connectivity index (χ3v) is 9.04. The summed E-state index contributed by atoms with van der Waals surface area (Å²) in [5.74, 6) is -1.67. The Kier molecular flexibility index (Phi) is 7.16. The van der Waals surface area contributed by atoms with Gasteiger partial charge in [0.2, 0.25) is 0 Å². The summed E-state index contributed by atoms with van der Waals surface area (Å²) >= 11 is 0. The lowest BCUT2D eigenvalue weighted by Crippen LogP contribution is -2.47. The highest BCUT2D eigenvalue weighted by atomic mass is 32.2. The van der Waals surface area contributed by atoms with E-state index in [2.05, 4.69) is 0 Å². The number of rotatable bonds is 8. The third-order valence-electron chi connectivity index (χ3n) is 7.31. The molecule has 0 spiro atoms. The van der Waals surface area contributed by atoms with Crippen LogP contribution in [0.3, 0.4) is 0 Å². The van der Waals surface area contributed by atoms with Crippen molar-refractivity contribution in [3.8, 4) is 11.3 Å². The summed E-state index contributed by atoms with van der Waals surface area (Å²) in [4.78, 5) is 38.4. The lowest BCUT2D eigenvalue weighted by molar-refractivity contribution is -0.384. The highest BCUT2D eigenvalue weighted by Crippen LogP contribution is 2.48. The quantitative estimate of drug-likeness (QED) is 0.124. The summed E-state index contributed by atoms with van der Waals surface area (Å²) in [6.07, 6.45) is -0.467. The Morgan fingerprint density at radius 3 is 2.12 bits per heavy atom. The maximum atomic E-state index is 14.3. The smallest absolute Gasteiger partial charge is 0.324 e. The van der Waals surface area contributed by atoms with Crippen LogP contribution in [0.4, 0.5) is 5.69 Å². The van der Waals surface area contributed by atoms with E-state index in [4.69, 9.17) is 9.47 Å². The fourth-order valence-electron chi connectivity index (χ4n) is 5.51. The predicted molar refractivity (Wildman–Crippen MR) is 151 cm³/mol. The average Bonchev–Trinajstić information content (AvgIpc) is 3.29. The molecule has 10 nitrogen and oxygen atoms in total. The van der Waals surface area contributed by atoms with E-state index in [-0.39, 0.29) is 53.4 Å². The molecule has 0 N–H and O–H groups in total. The number of aryl methyl sites for hydroxylation is 1. The number of non-ortho nitro benzene ring substituents is 1. The van der Waals surface area contributed by atoms with Crippen LogP contribution in [-0.2, 0) is 41.9 Å². The van der Waals surface area contributed by atoms with Gasteiger partial charge in [-0.2, -0.15) is 0 Å². The molecule has 0 radical (unpaired) electrons. The van der Waals surface area contributed by atoms with Gasteiger partial charge in [-0.15, -0.1) is 0 Å². The van der Waals surface area contributed by atoms with Crippen molar-refractivity contribution >= 4 is 38.6 Å². The van der Waals surface area contributed by atoms with E-state index in [1.165, 1.54) is 24.3 Å². The number of benzene rings is 3. The molecule has 3 aromatic carbocycles. The predicted octanol–water partition coefficient (Wildman–Crippen LogP) is 4.97. The minimum Gasteiger partial charge on any atom is -0.465 e. The Morgan fingerprint density at radius 2 is 1.56 bits per heavy atom. The number of carbonyl (C=O) groups is 2. The van der Waals surface area contributed by atoms with Gasteiger partial charge in [-0.25, -0.2) is 12.4 Å². The maximum Gasteiger partial charge on any atom is 0.324 e. The van der Waals surface area contributed by atoms with E-state index < -0.39 is 32.3 Å². The van der Waals surface area contributed by atoms with Gasteiger partial charge in [-0.05, 0) is 49.6 Å². The summed E-state index contributed by atoms with van der Waals surface area (Å²) in [5.41, 5.74) is 0.0717. The SMILES string of the molecule is CCOC(=O)C1(C(=O)OCC)Cc2cc([N+](=O)[O-])cc3c2c(c(-c2ccccc2)n3S(=O)(=O)c2ccc(C)cc2)C1. The molecule has 11 heteroatoms. The minimum atomic E-state index is -4.32. The molecular formula is C30H28N2O8S. The molecular weight excluding hydrogens is 548 g/mol. The second-order valence-corrected chi connectivity index (χ2v) is 11.7. The summed E-state index contributed by atoms with van der Waals surface area (Å²) in [6, 6.07) is 17.5. The van der Waals surface area contributed by atoms with E-state index in [0.29, 0.717) is 16.5 Å². The monoisotopic (exact) mass is 576 g/mol. The molecule has 0 saturated heterocycles. The van der Waals surface area contributed by atoms with Gasteiger partial charge in [0.1, 0.15) is 0 Å². The van der Waals surface area contributed by atoms with Crippen molar-refractivity contribution in [1.82, 2.24) is 3.97 Å².